The van der Waals surface area contributed by atoms with Crippen molar-refractivity contribution in [2.75, 3.05) is 26.4 Å². The fraction of sp³-hybridized carbons (Fsp3) is 0.797. The molecule has 0 amide bonds. The summed E-state index contributed by atoms with van der Waals surface area (Å²) in [7, 11) is -4.76. The summed E-state index contributed by atoms with van der Waals surface area (Å²) in [6.45, 7) is 4.54. The first-order valence-corrected chi connectivity index (χ1v) is 32.7. The smallest absolute Gasteiger partial charge is 0.462 e. The normalized spacial score (nSPS) is 13.7. The van der Waals surface area contributed by atoms with Crippen LogP contribution in [0.4, 0.5) is 0 Å². The van der Waals surface area contributed by atoms with Crippen LogP contribution in [0.15, 0.2) is 60.8 Å². The molecule has 0 rings (SSSR count). The Labute approximate surface area is 465 Å². The summed E-state index contributed by atoms with van der Waals surface area (Å²) in [5, 5.41) is 9.84. The lowest BCUT2D eigenvalue weighted by Gasteiger charge is -2.21. The summed E-state index contributed by atoms with van der Waals surface area (Å²) in [5.41, 5.74) is 0. The second-order valence-corrected chi connectivity index (χ2v) is 22.3. The van der Waals surface area contributed by atoms with E-state index in [1.807, 2.05) is 0 Å². The Morgan fingerprint density at radius 2 is 0.684 bits per heavy atom. The Balaban J connectivity index is 4.73. The van der Waals surface area contributed by atoms with Gasteiger partial charge in [0.2, 0.25) is 0 Å². The van der Waals surface area contributed by atoms with Gasteiger partial charge in [-0.25, -0.2) is 4.57 Å². The van der Waals surface area contributed by atoms with Crippen molar-refractivity contribution < 1.29 is 52.2 Å². The monoisotopic (exact) mass is 1090 g/mol. The zero-order valence-corrected chi connectivity index (χ0v) is 49.9. The van der Waals surface area contributed by atoms with Crippen LogP contribution in [-0.2, 0) is 42.2 Å². The molecule has 3 unspecified atom stereocenters. The highest BCUT2D eigenvalue weighted by atomic mass is 31.2. The van der Waals surface area contributed by atoms with E-state index >= 15 is 0 Å². The SMILES string of the molecule is CC/C=C\C/C=C\C/C=C\C/C=C\CCCCCCC(=O)OC(COC(=O)CCCCCCCCC/C=C\CCCCCCCC)COP(=O)(O)OCC(CO)OC(=O)CCCCCCCCCCCCCCCCC. The number of phosphoric ester groups is 1. The maximum atomic E-state index is 12.9. The van der Waals surface area contributed by atoms with Gasteiger partial charge in [-0.05, 0) is 83.5 Å². The van der Waals surface area contributed by atoms with Crippen molar-refractivity contribution >= 4 is 25.7 Å². The fourth-order valence-electron chi connectivity index (χ4n) is 8.70. The van der Waals surface area contributed by atoms with E-state index in [1.165, 1.54) is 135 Å². The van der Waals surface area contributed by atoms with Crippen LogP contribution in [-0.4, -0.2) is 66.5 Å². The van der Waals surface area contributed by atoms with Gasteiger partial charge in [0.15, 0.2) is 6.10 Å². The number of carbonyl (C=O) groups excluding carboxylic acids is 3. The number of allylic oxidation sites excluding steroid dienone is 10. The average Bonchev–Trinajstić information content (AvgIpc) is 3.41. The molecule has 0 aliphatic carbocycles. The number of phosphoric acid groups is 1. The van der Waals surface area contributed by atoms with Gasteiger partial charge >= 0.3 is 25.7 Å². The molecule has 0 aliphatic rings. The number of hydrogen-bond acceptors (Lipinski definition) is 10. The van der Waals surface area contributed by atoms with Crippen LogP contribution < -0.4 is 0 Å². The van der Waals surface area contributed by atoms with E-state index in [2.05, 4.69) is 81.5 Å². The molecule has 0 bridgehead atoms. The summed E-state index contributed by atoms with van der Waals surface area (Å²) >= 11 is 0. The molecule has 0 heterocycles. The molecule has 442 valence electrons. The van der Waals surface area contributed by atoms with Crippen LogP contribution in [0.5, 0.6) is 0 Å². The third-order valence-electron chi connectivity index (χ3n) is 13.4. The third-order valence-corrected chi connectivity index (χ3v) is 14.4. The molecule has 2 N–H and O–H groups in total. The summed E-state index contributed by atoms with van der Waals surface area (Å²) in [6, 6.07) is 0. The largest absolute Gasteiger partial charge is 0.472 e. The Hall–Kier alpha value is -2.82. The van der Waals surface area contributed by atoms with Gasteiger partial charge in [-0.15, -0.1) is 0 Å². The average molecular weight is 1090 g/mol. The predicted molar refractivity (Wildman–Crippen MR) is 316 cm³/mol. The van der Waals surface area contributed by atoms with Gasteiger partial charge in [0.25, 0.3) is 0 Å². The van der Waals surface area contributed by atoms with Crippen LogP contribution in [0.1, 0.15) is 290 Å². The number of carbonyl (C=O) groups is 3. The van der Waals surface area contributed by atoms with Gasteiger partial charge in [-0.2, -0.15) is 0 Å². The summed E-state index contributed by atoms with van der Waals surface area (Å²) in [4.78, 5) is 48.7. The molecule has 0 saturated heterocycles. The van der Waals surface area contributed by atoms with Crippen molar-refractivity contribution in [2.24, 2.45) is 0 Å². The molecule has 0 spiro atoms. The van der Waals surface area contributed by atoms with Crippen LogP contribution >= 0.6 is 7.82 Å². The van der Waals surface area contributed by atoms with E-state index in [1.54, 1.807) is 0 Å². The standard InChI is InChI=1S/C64H115O11P/c1-4-7-10-13-16-19-22-25-28-30-33-35-38-41-44-47-50-53-62(66)71-57-61(75-64(68)55-52-49-46-43-40-37-34-31-29-26-23-20-17-14-11-8-5-2)59-73-76(69,70)72-58-60(56-65)74-63(67)54-51-48-45-42-39-36-32-27-24-21-18-15-12-9-6-3/h8,11,17,20,25-26,28-29,34,37,60-61,65H,4-7,9-10,12-16,18-19,21-24,27,30-33,35-36,38-59H2,1-3H3,(H,69,70)/b11-8-,20-17-,28-25-,29-26-,37-34-. The van der Waals surface area contributed by atoms with Gasteiger partial charge in [-0.3, -0.25) is 23.4 Å². The van der Waals surface area contributed by atoms with E-state index < -0.39 is 57.8 Å². The van der Waals surface area contributed by atoms with Crippen LogP contribution in [0.3, 0.4) is 0 Å². The number of unbranched alkanes of at least 4 members (excludes halogenated alkanes) is 31. The lowest BCUT2D eigenvalue weighted by atomic mass is 10.0. The van der Waals surface area contributed by atoms with Crippen LogP contribution in [0.25, 0.3) is 0 Å². The first-order chi connectivity index (χ1) is 37.2. The number of aliphatic hydroxyl groups is 1. The van der Waals surface area contributed by atoms with Crippen molar-refractivity contribution in [1.82, 2.24) is 0 Å². The summed E-state index contributed by atoms with van der Waals surface area (Å²) < 4.78 is 39.6. The number of ether oxygens (including phenoxy) is 3. The molecule has 76 heavy (non-hydrogen) atoms. The molecule has 0 fully saturated rings. The number of esters is 3. The quantitative estimate of drug-likeness (QED) is 0.0197. The Kier molecular flexibility index (Phi) is 56.2. The highest BCUT2D eigenvalue weighted by Crippen LogP contribution is 2.43. The number of aliphatic hydroxyl groups excluding tert-OH is 1. The second kappa shape index (κ2) is 58.3. The molecule has 0 aromatic rings. The zero-order valence-electron chi connectivity index (χ0n) is 49.0. The van der Waals surface area contributed by atoms with E-state index in [9.17, 15) is 28.9 Å². The van der Waals surface area contributed by atoms with Gasteiger partial charge in [0.1, 0.15) is 12.7 Å². The molecule has 0 aliphatic heterocycles. The van der Waals surface area contributed by atoms with Gasteiger partial charge < -0.3 is 24.2 Å². The minimum atomic E-state index is -4.76. The summed E-state index contributed by atoms with van der Waals surface area (Å²) in [6.07, 6.45) is 64.5. The van der Waals surface area contributed by atoms with E-state index in [-0.39, 0.29) is 25.9 Å². The summed E-state index contributed by atoms with van der Waals surface area (Å²) in [5.74, 6) is -1.48. The Bertz CT molecular complexity index is 1510. The van der Waals surface area contributed by atoms with E-state index in [4.69, 9.17) is 23.3 Å². The van der Waals surface area contributed by atoms with Crippen molar-refractivity contribution in [3.05, 3.63) is 60.8 Å². The lowest BCUT2D eigenvalue weighted by Crippen LogP contribution is -2.30. The van der Waals surface area contributed by atoms with E-state index in [0.717, 1.165) is 96.3 Å². The predicted octanol–water partition coefficient (Wildman–Crippen LogP) is 18.7. The maximum Gasteiger partial charge on any atom is 0.472 e. The number of hydrogen-bond donors (Lipinski definition) is 2. The van der Waals surface area contributed by atoms with Crippen molar-refractivity contribution in [2.45, 2.75) is 303 Å². The van der Waals surface area contributed by atoms with E-state index in [0.29, 0.717) is 19.3 Å². The Morgan fingerprint density at radius 1 is 0.382 bits per heavy atom. The van der Waals surface area contributed by atoms with Gasteiger partial charge in [0.05, 0.1) is 19.8 Å². The zero-order chi connectivity index (χ0) is 55.5. The highest BCUT2D eigenvalue weighted by Gasteiger charge is 2.28. The lowest BCUT2D eigenvalue weighted by molar-refractivity contribution is -0.161. The maximum absolute atomic E-state index is 12.9. The molecular formula is C64H115O11P. The van der Waals surface area contributed by atoms with Gasteiger partial charge in [-0.1, -0.05) is 248 Å². The molecule has 11 nitrogen and oxygen atoms in total. The third kappa shape index (κ3) is 55.9. The molecular weight excluding hydrogens is 976 g/mol. The first kappa shape index (κ1) is 73.2. The molecule has 0 saturated carbocycles. The number of rotatable bonds is 58. The van der Waals surface area contributed by atoms with Gasteiger partial charge in [0, 0.05) is 19.3 Å². The van der Waals surface area contributed by atoms with Crippen LogP contribution in [0.2, 0.25) is 0 Å². The molecule has 0 radical (unpaired) electrons. The molecule has 3 atom stereocenters. The van der Waals surface area contributed by atoms with Crippen molar-refractivity contribution in [1.29, 1.82) is 0 Å². The highest BCUT2D eigenvalue weighted by molar-refractivity contribution is 7.47. The minimum absolute atomic E-state index is 0.139. The molecule has 0 aromatic heterocycles. The first-order valence-electron chi connectivity index (χ1n) is 31.2. The topological polar surface area (TPSA) is 155 Å². The fourth-order valence-corrected chi connectivity index (χ4v) is 9.48. The van der Waals surface area contributed by atoms with Crippen molar-refractivity contribution in [3.8, 4) is 0 Å². The molecule has 12 heteroatoms. The molecule has 0 aromatic carbocycles. The second-order valence-electron chi connectivity index (χ2n) is 20.8. The minimum Gasteiger partial charge on any atom is -0.462 e. The van der Waals surface area contributed by atoms with Crippen LogP contribution in [0, 0.1) is 0 Å². The Morgan fingerprint density at radius 3 is 1.07 bits per heavy atom. The van der Waals surface area contributed by atoms with Crippen molar-refractivity contribution in [3.63, 3.8) is 0 Å².